The van der Waals surface area contributed by atoms with Crippen molar-refractivity contribution >= 4 is 38.8 Å². The van der Waals surface area contributed by atoms with Crippen molar-refractivity contribution in [1.82, 2.24) is 4.57 Å². The van der Waals surface area contributed by atoms with Crippen LogP contribution in [0, 0.1) is 0 Å². The van der Waals surface area contributed by atoms with Crippen molar-refractivity contribution in [3.8, 4) is 27.9 Å². The molecule has 0 bridgehead atoms. The Kier molecular flexibility index (Phi) is 7.33. The summed E-state index contributed by atoms with van der Waals surface area (Å²) in [5.74, 6) is 0. The Labute approximate surface area is 311 Å². The number of hydrogen-bond donors (Lipinski definition) is 0. The van der Waals surface area contributed by atoms with Crippen LogP contribution in [0.1, 0.15) is 37.0 Å². The van der Waals surface area contributed by atoms with Crippen LogP contribution in [0.3, 0.4) is 0 Å². The summed E-state index contributed by atoms with van der Waals surface area (Å²) in [6.45, 7) is 4.74. The first-order chi connectivity index (χ1) is 26.0. The minimum atomic E-state index is -0.0846. The quantitative estimate of drug-likeness (QED) is 0.170. The average molecular weight is 681 g/mol. The van der Waals surface area contributed by atoms with Crippen molar-refractivity contribution in [2.24, 2.45) is 0 Å². The normalized spacial score (nSPS) is 15.7. The molecule has 0 spiro atoms. The summed E-state index contributed by atoms with van der Waals surface area (Å²) >= 11 is 0. The molecule has 53 heavy (non-hydrogen) atoms. The third kappa shape index (κ3) is 5.17. The van der Waals surface area contributed by atoms with Crippen molar-refractivity contribution in [3.63, 3.8) is 0 Å². The molecule has 0 aliphatic heterocycles. The van der Waals surface area contributed by atoms with Gasteiger partial charge in [-0.25, -0.2) is 0 Å². The van der Waals surface area contributed by atoms with E-state index in [2.05, 4.69) is 211 Å². The Morgan fingerprint density at radius 2 is 1.15 bits per heavy atom. The molecule has 1 heterocycles. The Morgan fingerprint density at radius 1 is 0.528 bits per heavy atom. The van der Waals surface area contributed by atoms with Crippen LogP contribution in [0.4, 0.5) is 11.4 Å². The predicted octanol–water partition coefficient (Wildman–Crippen LogP) is 13.3. The highest BCUT2D eigenvalue weighted by atomic mass is 15.2. The van der Waals surface area contributed by atoms with Gasteiger partial charge < -0.3 is 9.47 Å². The maximum absolute atomic E-state index is 2.56. The van der Waals surface area contributed by atoms with Crippen LogP contribution < -0.4 is 4.90 Å². The van der Waals surface area contributed by atoms with E-state index in [4.69, 9.17) is 0 Å². The number of rotatable bonds is 6. The van der Waals surface area contributed by atoms with E-state index in [9.17, 15) is 0 Å². The Hall–Kier alpha value is -6.38. The average Bonchev–Trinajstić information content (AvgIpc) is 3.67. The minimum Gasteiger partial charge on any atom is -0.334 e. The first kappa shape index (κ1) is 31.4. The topological polar surface area (TPSA) is 8.17 Å². The molecule has 0 saturated heterocycles. The van der Waals surface area contributed by atoms with Crippen molar-refractivity contribution < 1.29 is 0 Å². The molecule has 8 aromatic rings. The van der Waals surface area contributed by atoms with Gasteiger partial charge in [0.2, 0.25) is 0 Å². The van der Waals surface area contributed by atoms with Crippen molar-refractivity contribution in [3.05, 3.63) is 205 Å². The molecule has 10 rings (SSSR count). The number of aromatic nitrogens is 1. The van der Waals surface area contributed by atoms with Crippen molar-refractivity contribution in [2.75, 3.05) is 4.90 Å². The van der Waals surface area contributed by atoms with E-state index in [1.807, 2.05) is 0 Å². The highest BCUT2D eigenvalue weighted by molar-refractivity contribution is 6.10. The maximum atomic E-state index is 2.56. The van der Waals surface area contributed by atoms with Gasteiger partial charge >= 0.3 is 0 Å². The summed E-state index contributed by atoms with van der Waals surface area (Å²) in [6, 6.07) is 62.5. The van der Waals surface area contributed by atoms with Gasteiger partial charge in [-0.1, -0.05) is 159 Å². The fourth-order valence-corrected chi connectivity index (χ4v) is 8.84. The number of fused-ring (bicyclic) bond motifs is 6. The molecule has 0 N–H and O–H groups in total. The largest absolute Gasteiger partial charge is 0.334 e. The van der Waals surface area contributed by atoms with Gasteiger partial charge in [-0.05, 0) is 93.4 Å². The maximum Gasteiger partial charge on any atom is 0.0561 e. The van der Waals surface area contributed by atoms with Gasteiger partial charge in [0, 0.05) is 33.2 Å². The van der Waals surface area contributed by atoms with Gasteiger partial charge in [0.05, 0.1) is 17.1 Å². The highest BCUT2D eigenvalue weighted by Crippen LogP contribution is 2.50. The molecule has 2 heteroatoms. The number of nitrogens with zero attached hydrogens (tertiary/aromatic N) is 2. The van der Waals surface area contributed by atoms with Crippen LogP contribution in [0.2, 0.25) is 0 Å². The van der Waals surface area contributed by atoms with E-state index in [0.717, 1.165) is 12.1 Å². The fraction of sp³-hybridized carbons (Fsp3) is 0.0980. The second-order valence-corrected chi connectivity index (χ2v) is 14.9. The lowest BCUT2D eigenvalue weighted by Gasteiger charge is -2.34. The molecule has 2 aliphatic rings. The number of hydrogen-bond acceptors (Lipinski definition) is 1. The van der Waals surface area contributed by atoms with Gasteiger partial charge in [-0.2, -0.15) is 0 Å². The highest BCUT2D eigenvalue weighted by Gasteiger charge is 2.36. The smallest absolute Gasteiger partial charge is 0.0561 e. The summed E-state index contributed by atoms with van der Waals surface area (Å²) in [5.41, 5.74) is 16.3. The van der Waals surface area contributed by atoms with Crippen LogP contribution >= 0.6 is 0 Å². The molecule has 0 radical (unpaired) electrons. The zero-order valence-electron chi connectivity index (χ0n) is 30.1. The minimum absolute atomic E-state index is 0.0846. The first-order valence-corrected chi connectivity index (χ1v) is 18.7. The molecule has 1 aromatic heterocycles. The van der Waals surface area contributed by atoms with E-state index in [0.29, 0.717) is 0 Å². The second-order valence-electron chi connectivity index (χ2n) is 14.9. The van der Waals surface area contributed by atoms with E-state index < -0.39 is 0 Å². The summed E-state index contributed by atoms with van der Waals surface area (Å²) < 4.78 is 2.44. The molecule has 7 aromatic carbocycles. The van der Waals surface area contributed by atoms with Gasteiger partial charge in [0.25, 0.3) is 0 Å². The lowest BCUT2D eigenvalue weighted by atomic mass is 9.82. The van der Waals surface area contributed by atoms with E-state index >= 15 is 0 Å². The third-order valence-corrected chi connectivity index (χ3v) is 11.5. The van der Waals surface area contributed by atoms with Crippen molar-refractivity contribution in [2.45, 2.75) is 31.7 Å². The van der Waals surface area contributed by atoms with Gasteiger partial charge in [0.1, 0.15) is 0 Å². The number of allylic oxidation sites excluding steroid dienone is 2. The monoisotopic (exact) mass is 680 g/mol. The van der Waals surface area contributed by atoms with E-state index in [1.54, 1.807) is 0 Å². The van der Waals surface area contributed by atoms with E-state index in [-0.39, 0.29) is 11.5 Å². The summed E-state index contributed by atoms with van der Waals surface area (Å²) in [5, 5.41) is 2.52. The van der Waals surface area contributed by atoms with Gasteiger partial charge in [0.15, 0.2) is 0 Å². The number of benzene rings is 7. The summed E-state index contributed by atoms with van der Waals surface area (Å²) in [6.07, 6.45) is 8.03. The summed E-state index contributed by atoms with van der Waals surface area (Å²) in [7, 11) is 0. The first-order valence-electron chi connectivity index (χ1n) is 18.7. The molecule has 254 valence electrons. The zero-order valence-corrected chi connectivity index (χ0v) is 30.1. The standard InChI is InChI=1S/C51H40N2/c1-51(2)47-19-11-9-17-43(47)44-31-29-41(33-48(44)51)52(39-25-21-37(22-26-39)35-13-5-3-6-14-35)42-30-32-46-45-18-10-12-20-49(45)53(50(46)34-42)40-27-23-38(24-28-40)36-15-7-4-8-16-36/h3-25,27-34,39H,26H2,1-2H3. The predicted molar refractivity (Wildman–Crippen MR) is 224 cm³/mol. The lowest BCUT2D eigenvalue weighted by molar-refractivity contribution is 0.659. The second kappa shape index (κ2) is 12.4. The van der Waals surface area contributed by atoms with Crippen LogP contribution in [0.5, 0.6) is 0 Å². The molecule has 0 saturated carbocycles. The van der Waals surface area contributed by atoms with Gasteiger partial charge in [-0.3, -0.25) is 0 Å². The fourth-order valence-electron chi connectivity index (χ4n) is 8.84. The SMILES string of the molecule is CC1(C)c2ccccc2-c2ccc(N(c3ccc4c5ccccc5n(-c5ccc(-c6ccccc6)cc5)c4c3)C3C=CC(c4ccccc4)=CC3)cc21. The van der Waals surface area contributed by atoms with Crippen LogP contribution in [-0.2, 0) is 5.41 Å². The molecule has 2 nitrogen and oxygen atoms in total. The number of anilines is 2. The molecule has 1 atom stereocenters. The van der Waals surface area contributed by atoms with E-state index in [1.165, 1.54) is 77.7 Å². The summed E-state index contributed by atoms with van der Waals surface area (Å²) in [4.78, 5) is 2.56. The number of para-hydroxylation sites is 1. The molecule has 0 amide bonds. The molecular formula is C51H40N2. The molecule has 1 unspecified atom stereocenters. The van der Waals surface area contributed by atoms with Crippen molar-refractivity contribution in [1.29, 1.82) is 0 Å². The Bertz CT molecular complexity index is 2710. The molecule has 0 fully saturated rings. The Morgan fingerprint density at radius 3 is 1.92 bits per heavy atom. The third-order valence-electron chi connectivity index (χ3n) is 11.5. The molecular weight excluding hydrogens is 641 g/mol. The van der Waals surface area contributed by atoms with Crippen LogP contribution in [-0.4, -0.2) is 10.6 Å². The van der Waals surface area contributed by atoms with Crippen LogP contribution in [0.15, 0.2) is 188 Å². The lowest BCUT2D eigenvalue weighted by Crippen LogP contribution is -2.30. The zero-order chi connectivity index (χ0) is 35.5. The molecule has 2 aliphatic carbocycles. The Balaban J connectivity index is 1.13. The van der Waals surface area contributed by atoms with Gasteiger partial charge in [-0.15, -0.1) is 0 Å². The van der Waals surface area contributed by atoms with Crippen LogP contribution in [0.25, 0.3) is 55.3 Å².